The average molecular weight is 508 g/mol. The molecule has 0 aliphatic carbocycles. The van der Waals surface area contributed by atoms with Crippen molar-refractivity contribution in [3.63, 3.8) is 0 Å². The van der Waals surface area contributed by atoms with Crippen molar-refractivity contribution in [2.75, 3.05) is 6.54 Å². The Labute approximate surface area is 212 Å². The van der Waals surface area contributed by atoms with Crippen LogP contribution in [0.15, 0.2) is 24.3 Å². The monoisotopic (exact) mass is 507 g/mol. The SMILES string of the molecule is CC[C@H](C)[C@H](NC(=O)N[C@H](C(=O)O)C(C)C)C(=O)N[C@@H]1/C=C\CCNC(=O)/C=C/[C@@H](C(C)C)NC1=O. The van der Waals surface area contributed by atoms with Crippen molar-refractivity contribution in [2.24, 2.45) is 17.8 Å². The number of carboxylic acids is 1. The number of hydrogen-bond acceptors (Lipinski definition) is 5. The summed E-state index contributed by atoms with van der Waals surface area (Å²) in [6, 6.07) is -4.35. The van der Waals surface area contributed by atoms with E-state index in [1.165, 1.54) is 6.08 Å². The molecular weight excluding hydrogens is 466 g/mol. The largest absolute Gasteiger partial charge is 0.480 e. The first-order valence-corrected chi connectivity index (χ1v) is 12.4. The van der Waals surface area contributed by atoms with E-state index in [0.717, 1.165) is 0 Å². The molecule has 11 nitrogen and oxygen atoms in total. The van der Waals surface area contributed by atoms with Crippen LogP contribution in [0.25, 0.3) is 0 Å². The molecule has 6 N–H and O–H groups in total. The lowest BCUT2D eigenvalue weighted by atomic mass is 9.97. The Morgan fingerprint density at radius 3 is 2.25 bits per heavy atom. The van der Waals surface area contributed by atoms with E-state index in [-0.39, 0.29) is 23.7 Å². The number of carbonyl (C=O) groups is 5. The summed E-state index contributed by atoms with van der Waals surface area (Å²) < 4.78 is 0. The summed E-state index contributed by atoms with van der Waals surface area (Å²) >= 11 is 0. The Bertz CT molecular complexity index is 854. The number of rotatable bonds is 9. The summed E-state index contributed by atoms with van der Waals surface area (Å²) in [6.45, 7) is 11.1. The first-order valence-electron chi connectivity index (χ1n) is 12.4. The van der Waals surface area contributed by atoms with Crippen LogP contribution in [0.1, 0.15) is 54.4 Å². The minimum absolute atomic E-state index is 0.0114. The van der Waals surface area contributed by atoms with E-state index >= 15 is 0 Å². The maximum Gasteiger partial charge on any atom is 0.326 e. The topological polar surface area (TPSA) is 166 Å². The van der Waals surface area contributed by atoms with Gasteiger partial charge >= 0.3 is 12.0 Å². The highest BCUT2D eigenvalue weighted by Crippen LogP contribution is 2.10. The molecule has 1 aliphatic rings. The van der Waals surface area contributed by atoms with Gasteiger partial charge in [0.15, 0.2) is 0 Å². The number of aliphatic carboxylic acids is 1. The Kier molecular flexibility index (Phi) is 12.7. The second kappa shape index (κ2) is 14.9. The molecule has 0 aromatic carbocycles. The number of carbonyl (C=O) groups excluding carboxylic acids is 4. The van der Waals surface area contributed by atoms with Gasteiger partial charge in [0.25, 0.3) is 0 Å². The van der Waals surface area contributed by atoms with Crippen LogP contribution in [0.2, 0.25) is 0 Å². The van der Waals surface area contributed by atoms with Crippen molar-refractivity contribution in [2.45, 2.75) is 78.6 Å². The maximum atomic E-state index is 13.2. The predicted molar refractivity (Wildman–Crippen MR) is 136 cm³/mol. The zero-order valence-electron chi connectivity index (χ0n) is 22.0. The molecule has 0 spiro atoms. The summed E-state index contributed by atoms with van der Waals surface area (Å²) in [5.74, 6) is -3.12. The van der Waals surface area contributed by atoms with E-state index in [0.29, 0.717) is 19.4 Å². The fourth-order valence-electron chi connectivity index (χ4n) is 3.44. The first kappa shape index (κ1) is 30.7. The van der Waals surface area contributed by atoms with Gasteiger partial charge in [-0.1, -0.05) is 66.2 Å². The van der Waals surface area contributed by atoms with Crippen molar-refractivity contribution in [3.8, 4) is 0 Å². The van der Waals surface area contributed by atoms with Crippen LogP contribution >= 0.6 is 0 Å². The van der Waals surface area contributed by atoms with Crippen molar-refractivity contribution < 1.29 is 29.1 Å². The highest BCUT2D eigenvalue weighted by Gasteiger charge is 2.31. The van der Waals surface area contributed by atoms with Crippen LogP contribution in [-0.4, -0.2) is 65.5 Å². The minimum atomic E-state index is -1.18. The van der Waals surface area contributed by atoms with Crippen molar-refractivity contribution in [1.29, 1.82) is 0 Å². The van der Waals surface area contributed by atoms with Gasteiger partial charge in [-0.2, -0.15) is 0 Å². The third-order valence-corrected chi connectivity index (χ3v) is 6.00. The van der Waals surface area contributed by atoms with Crippen molar-refractivity contribution in [3.05, 3.63) is 24.3 Å². The van der Waals surface area contributed by atoms with Gasteiger partial charge < -0.3 is 31.7 Å². The molecule has 0 unspecified atom stereocenters. The van der Waals surface area contributed by atoms with Crippen molar-refractivity contribution in [1.82, 2.24) is 26.6 Å². The molecule has 1 rings (SSSR count). The lowest BCUT2D eigenvalue weighted by Crippen LogP contribution is -2.59. The highest BCUT2D eigenvalue weighted by atomic mass is 16.4. The fraction of sp³-hybridized carbons (Fsp3) is 0.640. The van der Waals surface area contributed by atoms with E-state index in [1.54, 1.807) is 39.0 Å². The number of amides is 5. The molecule has 5 atom stereocenters. The predicted octanol–water partition coefficient (Wildman–Crippen LogP) is 1.07. The molecule has 0 radical (unpaired) electrons. The summed E-state index contributed by atoms with van der Waals surface area (Å²) in [5.41, 5.74) is 0. The summed E-state index contributed by atoms with van der Waals surface area (Å²) in [5, 5.41) is 22.6. The summed E-state index contributed by atoms with van der Waals surface area (Å²) in [6.07, 6.45) is 7.25. The molecule has 5 amide bonds. The zero-order chi connectivity index (χ0) is 27.4. The lowest BCUT2D eigenvalue weighted by molar-refractivity contribution is -0.140. The van der Waals surface area contributed by atoms with Crippen LogP contribution < -0.4 is 26.6 Å². The fourth-order valence-corrected chi connectivity index (χ4v) is 3.44. The third kappa shape index (κ3) is 10.1. The molecule has 202 valence electrons. The molecule has 0 saturated carbocycles. The van der Waals surface area contributed by atoms with Crippen LogP contribution in [0.5, 0.6) is 0 Å². The zero-order valence-corrected chi connectivity index (χ0v) is 22.0. The Balaban J connectivity index is 3.08. The average Bonchev–Trinajstić information content (AvgIpc) is 2.80. The smallest absolute Gasteiger partial charge is 0.326 e. The van der Waals surface area contributed by atoms with Gasteiger partial charge in [0.05, 0.1) is 0 Å². The summed E-state index contributed by atoms with van der Waals surface area (Å²) in [4.78, 5) is 62.2. The van der Waals surface area contributed by atoms with E-state index in [2.05, 4.69) is 26.6 Å². The standard InChI is InChI=1S/C25H41N5O6/c1-7-16(6)21(30-25(36)29-20(15(4)5)24(34)35)23(33)28-18-10-8-9-13-26-19(31)12-11-17(14(2)3)27-22(18)32/h8,10-12,14-18,20-21H,7,9,13H2,1-6H3,(H,26,31)(H,27,32)(H,28,33)(H,34,35)(H2,29,30,36)/b10-8-,12-11+/t16-,17-,18+,20-,21-/m0/s1. The molecule has 0 fully saturated rings. The van der Waals surface area contributed by atoms with Crippen LogP contribution in [0, 0.1) is 17.8 Å². The van der Waals surface area contributed by atoms with E-state index < -0.39 is 48.0 Å². The van der Waals surface area contributed by atoms with Crippen LogP contribution in [-0.2, 0) is 19.2 Å². The van der Waals surface area contributed by atoms with Gasteiger partial charge in [-0.25, -0.2) is 9.59 Å². The van der Waals surface area contributed by atoms with Gasteiger partial charge in [-0.3, -0.25) is 14.4 Å². The third-order valence-electron chi connectivity index (χ3n) is 6.00. The Morgan fingerprint density at radius 1 is 1.06 bits per heavy atom. The quantitative estimate of drug-likeness (QED) is 0.255. The molecule has 0 saturated heterocycles. The Hall–Kier alpha value is -3.37. The van der Waals surface area contributed by atoms with Gasteiger partial charge in [-0.05, 0) is 24.2 Å². The second-order valence-corrected chi connectivity index (χ2v) is 9.67. The van der Waals surface area contributed by atoms with Gasteiger partial charge in [0, 0.05) is 18.7 Å². The van der Waals surface area contributed by atoms with Crippen LogP contribution in [0.3, 0.4) is 0 Å². The van der Waals surface area contributed by atoms with E-state index in [1.807, 2.05) is 20.8 Å². The highest BCUT2D eigenvalue weighted by molar-refractivity contribution is 5.94. The first-order chi connectivity index (χ1) is 16.9. The van der Waals surface area contributed by atoms with Crippen molar-refractivity contribution >= 4 is 29.7 Å². The van der Waals surface area contributed by atoms with E-state index in [4.69, 9.17) is 0 Å². The number of carboxylic acid groups (broad SMARTS) is 1. The van der Waals surface area contributed by atoms with E-state index in [9.17, 15) is 29.1 Å². The molecule has 0 aromatic heterocycles. The molecule has 1 heterocycles. The summed E-state index contributed by atoms with van der Waals surface area (Å²) in [7, 11) is 0. The minimum Gasteiger partial charge on any atom is -0.480 e. The molecule has 0 aromatic rings. The molecule has 36 heavy (non-hydrogen) atoms. The lowest BCUT2D eigenvalue weighted by Gasteiger charge is -2.28. The normalized spacial score (nSPS) is 23.1. The molecule has 11 heteroatoms. The maximum absolute atomic E-state index is 13.2. The molecule has 1 aliphatic heterocycles. The number of urea groups is 1. The number of nitrogens with one attached hydrogen (secondary N) is 5. The second-order valence-electron chi connectivity index (χ2n) is 9.67. The van der Waals surface area contributed by atoms with Crippen LogP contribution in [0.4, 0.5) is 4.79 Å². The van der Waals surface area contributed by atoms with Gasteiger partial charge in [0.2, 0.25) is 17.7 Å². The van der Waals surface area contributed by atoms with Gasteiger partial charge in [0.1, 0.15) is 18.1 Å². The number of hydrogen-bond donors (Lipinski definition) is 6. The van der Waals surface area contributed by atoms with Gasteiger partial charge in [-0.15, -0.1) is 0 Å². The molecular formula is C25H41N5O6. The molecule has 0 bridgehead atoms. The Morgan fingerprint density at radius 2 is 1.69 bits per heavy atom.